The van der Waals surface area contributed by atoms with E-state index < -0.39 is 4.92 Å². The van der Waals surface area contributed by atoms with Crippen LogP contribution in [0.5, 0.6) is 5.75 Å². The minimum absolute atomic E-state index is 0.105. The number of thioether (sulfide) groups is 1. The van der Waals surface area contributed by atoms with Gasteiger partial charge in [0.15, 0.2) is 5.75 Å². The summed E-state index contributed by atoms with van der Waals surface area (Å²) in [7, 11) is 2.91. The maximum absolute atomic E-state index is 12.1. The molecule has 0 aliphatic carbocycles. The Morgan fingerprint density at radius 3 is 2.67 bits per heavy atom. The molecule has 0 fully saturated rings. The summed E-state index contributed by atoms with van der Waals surface area (Å²) < 4.78 is 4.96. The fraction of sp³-hybridized carbons (Fsp3) is 0.222. The highest BCUT2D eigenvalue weighted by molar-refractivity contribution is 7.99. The van der Waals surface area contributed by atoms with E-state index >= 15 is 0 Å². The maximum Gasteiger partial charge on any atom is 0.311 e. The van der Waals surface area contributed by atoms with E-state index in [9.17, 15) is 19.7 Å². The molecule has 0 spiro atoms. The van der Waals surface area contributed by atoms with Crippen molar-refractivity contribution >= 4 is 35.0 Å². The molecule has 0 unspecified atom stereocenters. The van der Waals surface area contributed by atoms with Gasteiger partial charge in [-0.2, -0.15) is 0 Å². The van der Waals surface area contributed by atoms with Gasteiger partial charge in [-0.3, -0.25) is 19.7 Å². The molecule has 8 nitrogen and oxygen atoms in total. The van der Waals surface area contributed by atoms with Gasteiger partial charge in [-0.1, -0.05) is 12.1 Å². The number of hydrogen-bond acceptors (Lipinski definition) is 6. The molecule has 2 rings (SSSR count). The van der Waals surface area contributed by atoms with Crippen LogP contribution in [0.1, 0.15) is 15.9 Å². The zero-order valence-corrected chi connectivity index (χ0v) is 15.7. The molecule has 142 valence electrons. The molecular weight excluding hydrogens is 370 g/mol. The van der Waals surface area contributed by atoms with Crippen molar-refractivity contribution in [3.63, 3.8) is 0 Å². The standard InChI is InChI=1S/C18H19N3O5S/c1-19-18(23)13-4-3-5-14(9-13)20-17(22)11-27-10-12-6-7-16(26-2)15(8-12)21(24)25/h3-9H,10-11H2,1-2H3,(H,19,23)(H,20,22). The van der Waals surface area contributed by atoms with Crippen LogP contribution < -0.4 is 15.4 Å². The Bertz CT molecular complexity index is 857. The van der Waals surface area contributed by atoms with E-state index in [1.165, 1.54) is 32.0 Å². The minimum Gasteiger partial charge on any atom is -0.490 e. The van der Waals surface area contributed by atoms with Crippen LogP contribution in [0.3, 0.4) is 0 Å². The molecule has 0 radical (unpaired) electrons. The van der Waals surface area contributed by atoms with E-state index in [1.54, 1.807) is 36.4 Å². The molecule has 0 aliphatic rings. The van der Waals surface area contributed by atoms with Gasteiger partial charge in [-0.25, -0.2) is 0 Å². The number of anilines is 1. The van der Waals surface area contributed by atoms with Gasteiger partial charge in [0.25, 0.3) is 5.91 Å². The number of nitro groups is 1. The highest BCUT2D eigenvalue weighted by Crippen LogP contribution is 2.29. The highest BCUT2D eigenvalue weighted by atomic mass is 32.2. The Morgan fingerprint density at radius 2 is 2.00 bits per heavy atom. The lowest BCUT2D eigenvalue weighted by molar-refractivity contribution is -0.385. The molecule has 0 atom stereocenters. The number of rotatable bonds is 8. The van der Waals surface area contributed by atoms with Crippen LogP contribution >= 0.6 is 11.8 Å². The second-order valence-corrected chi connectivity index (χ2v) is 6.45. The van der Waals surface area contributed by atoms with Gasteiger partial charge in [0, 0.05) is 30.1 Å². The van der Waals surface area contributed by atoms with Crippen molar-refractivity contribution < 1.29 is 19.2 Å². The van der Waals surface area contributed by atoms with Crippen LogP contribution in [0.4, 0.5) is 11.4 Å². The van der Waals surface area contributed by atoms with Crippen LogP contribution in [0.2, 0.25) is 0 Å². The second kappa shape index (κ2) is 9.58. The molecule has 0 saturated carbocycles. The molecule has 27 heavy (non-hydrogen) atoms. The van der Waals surface area contributed by atoms with E-state index in [0.717, 1.165) is 5.56 Å². The number of amides is 2. The van der Waals surface area contributed by atoms with Gasteiger partial charge in [0.05, 0.1) is 17.8 Å². The molecule has 0 saturated heterocycles. The average Bonchev–Trinajstić information content (AvgIpc) is 2.67. The zero-order chi connectivity index (χ0) is 19.8. The number of carbonyl (C=O) groups excluding carboxylic acids is 2. The van der Waals surface area contributed by atoms with Crippen LogP contribution in [0.15, 0.2) is 42.5 Å². The average molecular weight is 389 g/mol. The molecule has 2 amide bonds. The number of nitrogens with one attached hydrogen (secondary N) is 2. The Labute approximate surface area is 160 Å². The van der Waals surface area contributed by atoms with Gasteiger partial charge in [0.2, 0.25) is 5.91 Å². The summed E-state index contributed by atoms with van der Waals surface area (Å²) in [5.74, 6) is 0.349. The SMILES string of the molecule is CNC(=O)c1cccc(NC(=O)CSCc2ccc(OC)c([N+](=O)[O-])c2)c1. The van der Waals surface area contributed by atoms with Crippen LogP contribution in [-0.4, -0.2) is 36.6 Å². The molecule has 0 heterocycles. The van der Waals surface area contributed by atoms with Crippen molar-refractivity contribution in [2.75, 3.05) is 25.2 Å². The van der Waals surface area contributed by atoms with E-state index in [4.69, 9.17) is 4.74 Å². The summed E-state index contributed by atoms with van der Waals surface area (Å²) in [6.07, 6.45) is 0. The number of nitro benzene ring substituents is 1. The zero-order valence-electron chi connectivity index (χ0n) is 14.9. The second-order valence-electron chi connectivity index (χ2n) is 5.46. The Balaban J connectivity index is 1.90. The minimum atomic E-state index is -0.501. The Kier molecular flexibility index (Phi) is 7.18. The summed E-state index contributed by atoms with van der Waals surface area (Å²) in [5.41, 5.74) is 1.60. The lowest BCUT2D eigenvalue weighted by atomic mass is 10.2. The number of carbonyl (C=O) groups is 2. The molecule has 0 bridgehead atoms. The monoisotopic (exact) mass is 389 g/mol. The van der Waals surface area contributed by atoms with E-state index in [-0.39, 0.29) is 29.0 Å². The first-order valence-corrected chi connectivity index (χ1v) is 9.11. The third-order valence-electron chi connectivity index (χ3n) is 3.58. The van der Waals surface area contributed by atoms with Crippen molar-refractivity contribution in [3.05, 3.63) is 63.7 Å². The number of ether oxygens (including phenoxy) is 1. The largest absolute Gasteiger partial charge is 0.490 e. The van der Waals surface area contributed by atoms with Crippen molar-refractivity contribution in [3.8, 4) is 5.75 Å². The van der Waals surface area contributed by atoms with Crippen molar-refractivity contribution in [1.82, 2.24) is 5.32 Å². The molecular formula is C18H19N3O5S. The fourth-order valence-corrected chi connectivity index (χ4v) is 3.08. The van der Waals surface area contributed by atoms with E-state index in [0.29, 0.717) is 17.0 Å². The molecule has 2 aromatic rings. The number of hydrogen-bond donors (Lipinski definition) is 2. The molecule has 2 aromatic carbocycles. The lowest BCUT2D eigenvalue weighted by Crippen LogP contribution is -2.19. The summed E-state index contributed by atoms with van der Waals surface area (Å²) in [5, 5.41) is 16.3. The third kappa shape index (κ3) is 5.71. The molecule has 9 heteroatoms. The summed E-state index contributed by atoms with van der Waals surface area (Å²) in [4.78, 5) is 34.2. The maximum atomic E-state index is 12.1. The number of benzene rings is 2. The van der Waals surface area contributed by atoms with E-state index in [1.807, 2.05) is 0 Å². The predicted octanol–water partition coefficient (Wildman–Crippen LogP) is 2.83. The van der Waals surface area contributed by atoms with Gasteiger partial charge >= 0.3 is 5.69 Å². The van der Waals surface area contributed by atoms with E-state index in [2.05, 4.69) is 10.6 Å². The van der Waals surface area contributed by atoms with Crippen LogP contribution in [-0.2, 0) is 10.5 Å². The first kappa shape index (κ1) is 20.2. The summed E-state index contributed by atoms with van der Waals surface area (Å²) in [6.45, 7) is 0. The van der Waals surface area contributed by atoms with Crippen molar-refractivity contribution in [2.24, 2.45) is 0 Å². The quantitative estimate of drug-likeness (QED) is 0.531. The van der Waals surface area contributed by atoms with Crippen molar-refractivity contribution in [1.29, 1.82) is 0 Å². The first-order chi connectivity index (χ1) is 12.9. The molecule has 0 aliphatic heterocycles. The summed E-state index contributed by atoms with van der Waals surface area (Å²) >= 11 is 1.33. The Morgan fingerprint density at radius 1 is 1.22 bits per heavy atom. The van der Waals surface area contributed by atoms with Gasteiger partial charge in [-0.05, 0) is 29.8 Å². The molecule has 2 N–H and O–H groups in total. The van der Waals surface area contributed by atoms with Gasteiger partial charge < -0.3 is 15.4 Å². The summed E-state index contributed by atoms with van der Waals surface area (Å²) in [6, 6.07) is 11.3. The normalized spacial score (nSPS) is 10.1. The van der Waals surface area contributed by atoms with Crippen molar-refractivity contribution in [2.45, 2.75) is 5.75 Å². The van der Waals surface area contributed by atoms with Gasteiger partial charge in [0.1, 0.15) is 0 Å². The van der Waals surface area contributed by atoms with Crippen LogP contribution in [0.25, 0.3) is 0 Å². The van der Waals surface area contributed by atoms with Gasteiger partial charge in [-0.15, -0.1) is 11.8 Å². The third-order valence-corrected chi connectivity index (χ3v) is 4.58. The fourth-order valence-electron chi connectivity index (χ4n) is 2.31. The predicted molar refractivity (Wildman–Crippen MR) is 104 cm³/mol. The smallest absolute Gasteiger partial charge is 0.311 e. The number of nitrogens with zero attached hydrogens (tertiary/aromatic N) is 1. The van der Waals surface area contributed by atoms with Crippen LogP contribution in [0, 0.1) is 10.1 Å². The topological polar surface area (TPSA) is 111 Å². The lowest BCUT2D eigenvalue weighted by Gasteiger charge is -2.08. The molecule has 0 aromatic heterocycles. The first-order valence-electron chi connectivity index (χ1n) is 7.95. The number of methoxy groups -OCH3 is 1. The Hall–Kier alpha value is -3.07. The highest BCUT2D eigenvalue weighted by Gasteiger charge is 2.15.